The molecule has 28 heavy (non-hydrogen) atoms. The molecule has 2 aromatic rings. The lowest BCUT2D eigenvalue weighted by atomic mass is 9.95. The van der Waals surface area contributed by atoms with Crippen molar-refractivity contribution in [2.75, 3.05) is 6.54 Å². The molecule has 0 aliphatic carbocycles. The predicted molar refractivity (Wildman–Crippen MR) is 109 cm³/mol. The summed E-state index contributed by atoms with van der Waals surface area (Å²) in [7, 11) is 0. The van der Waals surface area contributed by atoms with E-state index in [0.29, 0.717) is 13.1 Å². The van der Waals surface area contributed by atoms with E-state index < -0.39 is 12.1 Å². The first-order valence-electron chi connectivity index (χ1n) is 9.91. The van der Waals surface area contributed by atoms with Crippen molar-refractivity contribution in [1.29, 1.82) is 0 Å². The molecule has 148 valence electrons. The fourth-order valence-electron chi connectivity index (χ4n) is 3.46. The summed E-state index contributed by atoms with van der Waals surface area (Å²) in [6.07, 6.45) is 1.08. The van der Waals surface area contributed by atoms with Gasteiger partial charge >= 0.3 is 6.09 Å². The van der Waals surface area contributed by atoms with Crippen molar-refractivity contribution < 1.29 is 14.3 Å². The highest BCUT2D eigenvalue weighted by molar-refractivity contribution is 5.86. The number of fused-ring (bicyclic) bond motifs is 1. The van der Waals surface area contributed by atoms with Gasteiger partial charge in [-0.05, 0) is 29.0 Å². The Bertz CT molecular complexity index is 807. The van der Waals surface area contributed by atoms with E-state index in [1.54, 1.807) is 0 Å². The Kier molecular flexibility index (Phi) is 6.69. The van der Waals surface area contributed by atoms with E-state index in [-0.39, 0.29) is 18.4 Å². The molecule has 3 rings (SSSR count). The van der Waals surface area contributed by atoms with Gasteiger partial charge in [-0.1, -0.05) is 74.9 Å². The van der Waals surface area contributed by atoms with Gasteiger partial charge in [-0.2, -0.15) is 0 Å². The van der Waals surface area contributed by atoms with Crippen molar-refractivity contribution in [2.45, 2.75) is 45.9 Å². The summed E-state index contributed by atoms with van der Waals surface area (Å²) >= 11 is 0. The molecule has 0 bridgehead atoms. The molecule has 5 nitrogen and oxygen atoms in total. The summed E-state index contributed by atoms with van der Waals surface area (Å²) in [5.41, 5.74) is 3.38. The fraction of sp³-hybridized carbons (Fsp3) is 0.391. The van der Waals surface area contributed by atoms with E-state index in [0.717, 1.165) is 18.4 Å². The largest absolute Gasteiger partial charge is 0.445 e. The lowest BCUT2D eigenvalue weighted by molar-refractivity contribution is -0.135. The van der Waals surface area contributed by atoms with Crippen LogP contribution in [0.3, 0.4) is 0 Å². The van der Waals surface area contributed by atoms with E-state index in [1.165, 1.54) is 11.1 Å². The number of nitrogens with zero attached hydrogens (tertiary/aromatic N) is 1. The molecular formula is C23H28N2O3. The minimum absolute atomic E-state index is 0.0222. The highest BCUT2D eigenvalue weighted by atomic mass is 16.5. The molecule has 2 amide bonds. The molecule has 2 aromatic carbocycles. The van der Waals surface area contributed by atoms with E-state index in [9.17, 15) is 9.59 Å². The van der Waals surface area contributed by atoms with E-state index in [2.05, 4.69) is 17.4 Å². The first kappa shape index (κ1) is 19.9. The lowest BCUT2D eigenvalue weighted by Gasteiger charge is -2.33. The maximum absolute atomic E-state index is 13.2. The fourth-order valence-corrected chi connectivity index (χ4v) is 3.46. The molecular weight excluding hydrogens is 352 g/mol. The molecule has 1 heterocycles. The normalized spacial score (nSPS) is 15.3. The van der Waals surface area contributed by atoms with Crippen LogP contribution in [0.1, 0.15) is 37.0 Å². The molecule has 0 fully saturated rings. The molecule has 2 atom stereocenters. The van der Waals surface area contributed by atoms with Gasteiger partial charge in [0.25, 0.3) is 0 Å². The zero-order valence-corrected chi connectivity index (χ0v) is 16.6. The third-order valence-corrected chi connectivity index (χ3v) is 5.41. The van der Waals surface area contributed by atoms with Crippen LogP contribution in [-0.4, -0.2) is 29.5 Å². The van der Waals surface area contributed by atoms with Crippen molar-refractivity contribution in [3.05, 3.63) is 71.3 Å². The maximum atomic E-state index is 13.2. The van der Waals surface area contributed by atoms with E-state index in [1.807, 2.05) is 61.2 Å². The van der Waals surface area contributed by atoms with Gasteiger partial charge < -0.3 is 15.0 Å². The monoisotopic (exact) mass is 380 g/mol. The third-order valence-electron chi connectivity index (χ3n) is 5.41. The van der Waals surface area contributed by atoms with E-state index >= 15 is 0 Å². The Morgan fingerprint density at radius 1 is 1.07 bits per heavy atom. The van der Waals surface area contributed by atoms with Gasteiger partial charge in [-0.25, -0.2) is 4.79 Å². The molecule has 1 N–H and O–H groups in total. The summed E-state index contributed by atoms with van der Waals surface area (Å²) < 4.78 is 5.33. The average molecular weight is 380 g/mol. The topological polar surface area (TPSA) is 58.6 Å². The molecule has 0 aromatic heterocycles. The van der Waals surface area contributed by atoms with Gasteiger partial charge in [0.2, 0.25) is 5.91 Å². The van der Waals surface area contributed by atoms with Gasteiger partial charge in [0.15, 0.2) is 0 Å². The van der Waals surface area contributed by atoms with Crippen LogP contribution in [0.4, 0.5) is 4.79 Å². The Morgan fingerprint density at radius 2 is 1.75 bits per heavy atom. The third kappa shape index (κ3) is 4.91. The van der Waals surface area contributed by atoms with Gasteiger partial charge in [-0.15, -0.1) is 0 Å². The van der Waals surface area contributed by atoms with Gasteiger partial charge in [0, 0.05) is 13.1 Å². The number of benzene rings is 2. The Morgan fingerprint density at radius 3 is 2.46 bits per heavy atom. The second-order valence-electron chi connectivity index (χ2n) is 7.35. The first-order chi connectivity index (χ1) is 13.6. The molecule has 1 aliphatic heterocycles. The first-order valence-corrected chi connectivity index (χ1v) is 9.91. The van der Waals surface area contributed by atoms with Crippen molar-refractivity contribution in [3.63, 3.8) is 0 Å². The van der Waals surface area contributed by atoms with Crippen LogP contribution in [-0.2, 0) is 29.1 Å². The predicted octanol–water partition coefficient (Wildman–Crippen LogP) is 3.91. The number of carbonyl (C=O) groups is 2. The number of nitrogens with one attached hydrogen (secondary N) is 1. The summed E-state index contributed by atoms with van der Waals surface area (Å²) in [4.78, 5) is 27.3. The highest BCUT2D eigenvalue weighted by Gasteiger charge is 2.32. The number of amides is 2. The van der Waals surface area contributed by atoms with Gasteiger partial charge in [-0.3, -0.25) is 4.79 Å². The molecule has 0 radical (unpaired) electrons. The second kappa shape index (κ2) is 9.40. The zero-order chi connectivity index (χ0) is 19.9. The number of carbonyl (C=O) groups excluding carboxylic acids is 2. The Balaban J connectivity index is 1.63. The number of hydrogen-bond donors (Lipinski definition) is 1. The molecule has 1 unspecified atom stereocenters. The minimum Gasteiger partial charge on any atom is -0.445 e. The SMILES string of the molecule is CCC(C)[C@H](NC(=O)OCc1ccccc1)C(=O)N1CCc2ccccc2C1. The molecule has 1 aliphatic rings. The highest BCUT2D eigenvalue weighted by Crippen LogP contribution is 2.21. The van der Waals surface area contributed by atoms with Crippen LogP contribution in [0.5, 0.6) is 0 Å². The molecule has 5 heteroatoms. The second-order valence-corrected chi connectivity index (χ2v) is 7.35. The summed E-state index contributed by atoms with van der Waals surface area (Å²) in [6, 6.07) is 17.1. The Labute approximate surface area is 166 Å². The number of ether oxygens (including phenoxy) is 1. The number of hydrogen-bond acceptors (Lipinski definition) is 3. The van der Waals surface area contributed by atoms with Crippen molar-refractivity contribution in [3.8, 4) is 0 Å². The number of rotatable bonds is 6. The standard InChI is InChI=1S/C23H28N2O3/c1-3-17(2)21(24-23(27)28-16-18-9-5-4-6-10-18)22(26)25-14-13-19-11-7-8-12-20(19)15-25/h4-12,17,21H,3,13-16H2,1-2H3,(H,24,27)/t17?,21-/m0/s1. The zero-order valence-electron chi connectivity index (χ0n) is 16.6. The average Bonchev–Trinajstić information content (AvgIpc) is 2.75. The van der Waals surface area contributed by atoms with Crippen LogP contribution in [0.15, 0.2) is 54.6 Å². The van der Waals surface area contributed by atoms with Crippen molar-refractivity contribution in [1.82, 2.24) is 10.2 Å². The van der Waals surface area contributed by atoms with Crippen molar-refractivity contribution >= 4 is 12.0 Å². The van der Waals surface area contributed by atoms with Crippen LogP contribution in [0.25, 0.3) is 0 Å². The minimum atomic E-state index is -0.585. The smallest absolute Gasteiger partial charge is 0.408 e. The van der Waals surface area contributed by atoms with E-state index in [4.69, 9.17) is 4.74 Å². The molecule has 0 saturated heterocycles. The number of alkyl carbamates (subject to hydrolysis) is 1. The van der Waals surface area contributed by atoms with Crippen LogP contribution < -0.4 is 5.32 Å². The molecule has 0 saturated carbocycles. The quantitative estimate of drug-likeness (QED) is 0.826. The van der Waals surface area contributed by atoms with Gasteiger partial charge in [0.1, 0.15) is 12.6 Å². The van der Waals surface area contributed by atoms with Crippen molar-refractivity contribution in [2.24, 2.45) is 5.92 Å². The van der Waals surface area contributed by atoms with Gasteiger partial charge in [0.05, 0.1) is 0 Å². The lowest BCUT2D eigenvalue weighted by Crippen LogP contribution is -2.52. The summed E-state index contributed by atoms with van der Waals surface area (Å²) in [5, 5.41) is 2.81. The molecule has 0 spiro atoms. The summed E-state index contributed by atoms with van der Waals surface area (Å²) in [5.74, 6) is -0.0190. The van der Waals surface area contributed by atoms with Crippen LogP contribution in [0.2, 0.25) is 0 Å². The maximum Gasteiger partial charge on any atom is 0.408 e. The Hall–Kier alpha value is -2.82. The van der Waals surface area contributed by atoms with Crippen LogP contribution >= 0.6 is 0 Å². The van der Waals surface area contributed by atoms with Crippen LogP contribution in [0, 0.1) is 5.92 Å². The summed E-state index contributed by atoms with van der Waals surface area (Å²) in [6.45, 7) is 5.45.